The molecule has 0 bridgehead atoms. The standard InChI is InChI=1S/C15H15Cl2NO3S/c1-10-8-12(5-7-15(10)21-3)22(19,20)18(2)14-9-11(16)4-6-13(14)17/h4-9H,1-3H3. The Bertz CT molecular complexity index is 806. The summed E-state index contributed by atoms with van der Waals surface area (Å²) in [6.07, 6.45) is 0. The third-order valence-corrected chi connectivity index (χ3v) is 5.59. The molecule has 0 heterocycles. The predicted molar refractivity (Wildman–Crippen MR) is 89.8 cm³/mol. The van der Waals surface area contributed by atoms with Crippen LogP contribution in [-0.4, -0.2) is 22.6 Å². The molecule has 0 aromatic heterocycles. The zero-order valence-corrected chi connectivity index (χ0v) is 14.6. The van der Waals surface area contributed by atoms with Crippen molar-refractivity contribution in [3.63, 3.8) is 0 Å². The Labute approximate surface area is 140 Å². The number of sulfonamides is 1. The van der Waals surface area contributed by atoms with Gasteiger partial charge in [-0.2, -0.15) is 0 Å². The molecule has 0 aliphatic carbocycles. The van der Waals surface area contributed by atoms with Crippen LogP contribution >= 0.6 is 23.2 Å². The molecule has 0 saturated carbocycles. The van der Waals surface area contributed by atoms with E-state index in [1.54, 1.807) is 31.2 Å². The maximum Gasteiger partial charge on any atom is 0.264 e. The van der Waals surface area contributed by atoms with Crippen molar-refractivity contribution in [2.45, 2.75) is 11.8 Å². The lowest BCUT2D eigenvalue weighted by molar-refractivity contribution is 0.411. The largest absolute Gasteiger partial charge is 0.496 e. The summed E-state index contributed by atoms with van der Waals surface area (Å²) in [5, 5.41) is 0.716. The van der Waals surface area contributed by atoms with Gasteiger partial charge in [-0.3, -0.25) is 4.31 Å². The SMILES string of the molecule is COc1ccc(S(=O)(=O)N(C)c2cc(Cl)ccc2Cl)cc1C. The predicted octanol–water partition coefficient (Wildman–Crippen LogP) is 4.14. The molecule has 2 aromatic carbocycles. The maximum atomic E-state index is 12.7. The normalized spacial score (nSPS) is 11.3. The third kappa shape index (κ3) is 3.16. The second-order valence-corrected chi connectivity index (χ2v) is 7.51. The highest BCUT2D eigenvalue weighted by Crippen LogP contribution is 2.32. The molecule has 0 atom stereocenters. The van der Waals surface area contributed by atoms with Gasteiger partial charge in [-0.1, -0.05) is 23.2 Å². The Morgan fingerprint density at radius 3 is 2.36 bits per heavy atom. The number of ether oxygens (including phenoxy) is 1. The maximum absolute atomic E-state index is 12.7. The van der Waals surface area contributed by atoms with Gasteiger partial charge in [0.05, 0.1) is 22.7 Å². The van der Waals surface area contributed by atoms with Crippen molar-refractivity contribution in [3.05, 3.63) is 52.0 Å². The number of anilines is 1. The molecule has 0 N–H and O–H groups in total. The molecule has 4 nitrogen and oxygen atoms in total. The van der Waals surface area contributed by atoms with Gasteiger partial charge in [-0.15, -0.1) is 0 Å². The number of nitrogens with zero attached hydrogens (tertiary/aromatic N) is 1. The van der Waals surface area contributed by atoms with Crippen molar-refractivity contribution in [2.24, 2.45) is 0 Å². The molecule has 0 unspecified atom stereocenters. The van der Waals surface area contributed by atoms with Crippen LogP contribution in [-0.2, 0) is 10.0 Å². The first-order valence-corrected chi connectivity index (χ1v) is 8.55. The van der Waals surface area contributed by atoms with E-state index >= 15 is 0 Å². The minimum Gasteiger partial charge on any atom is -0.496 e. The fourth-order valence-corrected chi connectivity index (χ4v) is 3.78. The zero-order valence-electron chi connectivity index (χ0n) is 12.3. The van der Waals surface area contributed by atoms with Gasteiger partial charge in [-0.25, -0.2) is 8.42 Å². The molecule has 2 aromatic rings. The Morgan fingerprint density at radius 2 is 1.77 bits per heavy atom. The quantitative estimate of drug-likeness (QED) is 0.824. The summed E-state index contributed by atoms with van der Waals surface area (Å²) in [5.74, 6) is 0.627. The smallest absolute Gasteiger partial charge is 0.264 e. The molecular weight excluding hydrogens is 345 g/mol. The number of benzene rings is 2. The van der Waals surface area contributed by atoms with E-state index in [1.165, 1.54) is 26.3 Å². The van der Waals surface area contributed by atoms with E-state index in [-0.39, 0.29) is 4.90 Å². The number of hydrogen-bond acceptors (Lipinski definition) is 3. The molecule has 0 aliphatic rings. The summed E-state index contributed by atoms with van der Waals surface area (Å²) < 4.78 is 31.7. The first-order valence-electron chi connectivity index (χ1n) is 6.36. The molecule has 0 aliphatic heterocycles. The summed E-state index contributed by atoms with van der Waals surface area (Å²) in [5.41, 5.74) is 1.05. The Kier molecular flexibility index (Phi) is 4.90. The summed E-state index contributed by atoms with van der Waals surface area (Å²) in [6.45, 7) is 1.78. The van der Waals surface area contributed by atoms with Crippen molar-refractivity contribution in [2.75, 3.05) is 18.5 Å². The third-order valence-electron chi connectivity index (χ3n) is 3.27. The number of rotatable bonds is 4. The number of halogens is 2. The fraction of sp³-hybridized carbons (Fsp3) is 0.200. The van der Waals surface area contributed by atoms with Crippen molar-refractivity contribution in [1.29, 1.82) is 0 Å². The number of methoxy groups -OCH3 is 1. The van der Waals surface area contributed by atoms with Crippen LogP contribution in [0.3, 0.4) is 0 Å². The van der Waals surface area contributed by atoms with E-state index in [2.05, 4.69) is 0 Å². The van der Waals surface area contributed by atoms with E-state index in [4.69, 9.17) is 27.9 Å². The molecule has 0 amide bonds. The van der Waals surface area contributed by atoms with Crippen molar-refractivity contribution < 1.29 is 13.2 Å². The van der Waals surface area contributed by atoms with Crippen LogP contribution in [0.5, 0.6) is 5.75 Å². The van der Waals surface area contributed by atoms with Crippen LogP contribution in [0.25, 0.3) is 0 Å². The lowest BCUT2D eigenvalue weighted by atomic mass is 10.2. The van der Waals surface area contributed by atoms with Crippen LogP contribution in [0.1, 0.15) is 5.56 Å². The first kappa shape index (κ1) is 16.9. The first-order chi connectivity index (χ1) is 10.3. The highest BCUT2D eigenvalue weighted by atomic mass is 35.5. The molecular formula is C15H15Cl2NO3S. The van der Waals surface area contributed by atoms with Gasteiger partial charge in [0.1, 0.15) is 5.75 Å². The molecule has 118 valence electrons. The van der Waals surface area contributed by atoms with E-state index < -0.39 is 10.0 Å². The van der Waals surface area contributed by atoms with Crippen molar-refractivity contribution in [1.82, 2.24) is 0 Å². The summed E-state index contributed by atoms with van der Waals surface area (Å²) in [7, 11) is -0.771. The molecule has 22 heavy (non-hydrogen) atoms. The second kappa shape index (κ2) is 6.36. The monoisotopic (exact) mass is 359 g/mol. The molecule has 0 saturated heterocycles. The Morgan fingerprint density at radius 1 is 1.09 bits per heavy atom. The van der Waals surface area contributed by atoms with E-state index in [0.717, 1.165) is 9.87 Å². The minimum atomic E-state index is -3.74. The Hall–Kier alpha value is -1.43. The highest BCUT2D eigenvalue weighted by Gasteiger charge is 2.24. The molecule has 2 rings (SSSR count). The van der Waals surface area contributed by atoms with Crippen molar-refractivity contribution in [3.8, 4) is 5.75 Å². The Balaban J connectivity index is 2.49. The number of hydrogen-bond donors (Lipinski definition) is 0. The van der Waals surface area contributed by atoms with E-state index in [0.29, 0.717) is 21.5 Å². The van der Waals surface area contributed by atoms with Gasteiger partial charge >= 0.3 is 0 Å². The summed E-state index contributed by atoms with van der Waals surface area (Å²) in [6, 6.07) is 9.35. The van der Waals surface area contributed by atoms with Crippen LogP contribution < -0.4 is 9.04 Å². The average molecular weight is 360 g/mol. The van der Waals surface area contributed by atoms with Crippen LogP contribution in [0.4, 0.5) is 5.69 Å². The average Bonchev–Trinajstić information content (AvgIpc) is 2.48. The lowest BCUT2D eigenvalue weighted by Gasteiger charge is -2.21. The fourth-order valence-electron chi connectivity index (χ4n) is 2.03. The lowest BCUT2D eigenvalue weighted by Crippen LogP contribution is -2.26. The van der Waals surface area contributed by atoms with Gasteiger partial charge in [0, 0.05) is 12.1 Å². The highest BCUT2D eigenvalue weighted by molar-refractivity contribution is 7.92. The molecule has 0 fully saturated rings. The van der Waals surface area contributed by atoms with E-state index in [1.807, 2.05) is 0 Å². The summed E-state index contributed by atoms with van der Waals surface area (Å²) in [4.78, 5) is 0.157. The molecule has 0 radical (unpaired) electrons. The van der Waals surface area contributed by atoms with Crippen molar-refractivity contribution >= 4 is 38.9 Å². The molecule has 0 spiro atoms. The topological polar surface area (TPSA) is 46.6 Å². The van der Waals surface area contributed by atoms with Gasteiger partial charge in [0.25, 0.3) is 10.0 Å². The van der Waals surface area contributed by atoms with Gasteiger partial charge < -0.3 is 4.74 Å². The van der Waals surface area contributed by atoms with Crippen LogP contribution in [0.2, 0.25) is 10.0 Å². The number of aryl methyl sites for hydroxylation is 1. The van der Waals surface area contributed by atoms with Gasteiger partial charge in [0.15, 0.2) is 0 Å². The summed E-state index contributed by atoms with van der Waals surface area (Å²) >= 11 is 12.0. The van der Waals surface area contributed by atoms with Gasteiger partial charge in [-0.05, 0) is 48.9 Å². The van der Waals surface area contributed by atoms with Gasteiger partial charge in [0.2, 0.25) is 0 Å². The second-order valence-electron chi connectivity index (χ2n) is 4.70. The zero-order chi connectivity index (χ0) is 16.5. The van der Waals surface area contributed by atoms with Crippen LogP contribution in [0.15, 0.2) is 41.3 Å². The van der Waals surface area contributed by atoms with Crippen LogP contribution in [0, 0.1) is 6.92 Å². The molecule has 7 heteroatoms. The van der Waals surface area contributed by atoms with E-state index in [9.17, 15) is 8.42 Å². The minimum absolute atomic E-state index is 0.157.